The lowest BCUT2D eigenvalue weighted by Crippen LogP contribution is -2.30. The number of sulfonamides is 1. The number of aromatic nitrogens is 1. The van der Waals surface area contributed by atoms with E-state index < -0.39 is 16.1 Å². The average Bonchev–Trinajstić information content (AvgIpc) is 3.27. The largest absolute Gasteiger partial charge is 0.497 e. The minimum Gasteiger partial charge on any atom is -0.497 e. The van der Waals surface area contributed by atoms with Gasteiger partial charge in [0.1, 0.15) is 10.8 Å². The monoisotopic (exact) mass is 482 g/mol. The van der Waals surface area contributed by atoms with Gasteiger partial charge in [-0.2, -0.15) is 0 Å². The van der Waals surface area contributed by atoms with Crippen molar-refractivity contribution in [3.8, 4) is 5.75 Å². The number of methoxy groups -OCH3 is 1. The zero-order valence-corrected chi connectivity index (χ0v) is 19.3. The summed E-state index contributed by atoms with van der Waals surface area (Å²) in [6, 6.07) is 20.2. The van der Waals surface area contributed by atoms with Crippen molar-refractivity contribution in [3.63, 3.8) is 0 Å². The standard InChI is InChI=1S/C23H22N4O4S2/c1-31-17-11-12-19-21(14-17)32-23(25-19)20(27-33(29,30)18-5-3-2-4-6-18)13-15-7-9-16(10-8-15)22(24)26-28/h2-12,14,20,27-28H,13H2,1H3,(H2,24,26)/t20-/m1/s1. The molecule has 1 heterocycles. The average molecular weight is 483 g/mol. The number of nitrogens with one attached hydrogen (secondary N) is 1. The van der Waals surface area contributed by atoms with E-state index in [9.17, 15) is 8.42 Å². The van der Waals surface area contributed by atoms with Crippen LogP contribution in [0.4, 0.5) is 0 Å². The Bertz CT molecular complexity index is 1390. The smallest absolute Gasteiger partial charge is 0.241 e. The van der Waals surface area contributed by atoms with Crippen LogP contribution in [0.5, 0.6) is 5.75 Å². The van der Waals surface area contributed by atoms with Crippen molar-refractivity contribution in [2.24, 2.45) is 10.9 Å². The number of amidine groups is 1. The molecule has 0 saturated heterocycles. The van der Waals surface area contributed by atoms with Crippen LogP contribution in [0.25, 0.3) is 10.2 Å². The molecule has 1 aromatic heterocycles. The normalized spacial score (nSPS) is 13.2. The summed E-state index contributed by atoms with van der Waals surface area (Å²) in [6.45, 7) is 0. The number of hydrogen-bond acceptors (Lipinski definition) is 7. The van der Waals surface area contributed by atoms with Crippen LogP contribution in [0.3, 0.4) is 0 Å². The van der Waals surface area contributed by atoms with E-state index in [0.717, 1.165) is 15.8 Å². The van der Waals surface area contributed by atoms with Gasteiger partial charge in [0.05, 0.1) is 28.3 Å². The van der Waals surface area contributed by atoms with Crippen molar-refractivity contribution >= 4 is 37.4 Å². The number of nitrogens with two attached hydrogens (primary N) is 1. The molecule has 0 saturated carbocycles. The van der Waals surface area contributed by atoms with Crippen molar-refractivity contribution in [3.05, 3.63) is 88.9 Å². The summed E-state index contributed by atoms with van der Waals surface area (Å²) in [5.74, 6) is 0.709. The maximum absolute atomic E-state index is 13.1. The van der Waals surface area contributed by atoms with Crippen LogP contribution in [-0.4, -0.2) is 31.6 Å². The van der Waals surface area contributed by atoms with Crippen LogP contribution >= 0.6 is 11.3 Å². The van der Waals surface area contributed by atoms with E-state index in [1.165, 1.54) is 11.3 Å². The predicted molar refractivity (Wildman–Crippen MR) is 128 cm³/mol. The number of oxime groups is 1. The van der Waals surface area contributed by atoms with Crippen LogP contribution in [0.2, 0.25) is 0 Å². The molecule has 0 aliphatic carbocycles. The van der Waals surface area contributed by atoms with Gasteiger partial charge in [-0.1, -0.05) is 47.6 Å². The molecule has 0 bridgehead atoms. The summed E-state index contributed by atoms with van der Waals surface area (Å²) in [6.07, 6.45) is 0.361. The minimum absolute atomic E-state index is 0.00278. The highest BCUT2D eigenvalue weighted by molar-refractivity contribution is 7.89. The molecule has 1 atom stereocenters. The lowest BCUT2D eigenvalue weighted by Gasteiger charge is -2.17. The van der Waals surface area contributed by atoms with E-state index in [1.54, 1.807) is 49.6 Å². The van der Waals surface area contributed by atoms with Crippen molar-refractivity contribution in [2.75, 3.05) is 7.11 Å². The Labute approximate surface area is 195 Å². The van der Waals surface area contributed by atoms with Gasteiger partial charge in [0, 0.05) is 5.56 Å². The number of ether oxygens (including phenoxy) is 1. The summed E-state index contributed by atoms with van der Waals surface area (Å²) in [5.41, 5.74) is 7.83. The number of hydrogen-bond donors (Lipinski definition) is 3. The van der Waals surface area contributed by atoms with E-state index in [-0.39, 0.29) is 10.7 Å². The first-order valence-electron chi connectivity index (χ1n) is 9.98. The molecule has 0 aliphatic heterocycles. The molecule has 4 aromatic rings. The van der Waals surface area contributed by atoms with Crippen LogP contribution in [-0.2, 0) is 16.4 Å². The van der Waals surface area contributed by atoms with Gasteiger partial charge in [-0.3, -0.25) is 0 Å². The number of fused-ring (bicyclic) bond motifs is 1. The fourth-order valence-corrected chi connectivity index (χ4v) is 5.68. The second-order valence-electron chi connectivity index (χ2n) is 7.26. The molecule has 0 radical (unpaired) electrons. The summed E-state index contributed by atoms with van der Waals surface area (Å²) < 4.78 is 35.2. The van der Waals surface area contributed by atoms with Gasteiger partial charge < -0.3 is 15.7 Å². The molecule has 33 heavy (non-hydrogen) atoms. The van der Waals surface area contributed by atoms with Crippen molar-refractivity contribution in [2.45, 2.75) is 17.4 Å². The Kier molecular flexibility index (Phi) is 6.59. The molecule has 0 spiro atoms. The highest BCUT2D eigenvalue weighted by Crippen LogP contribution is 2.32. The highest BCUT2D eigenvalue weighted by atomic mass is 32.2. The summed E-state index contributed by atoms with van der Waals surface area (Å²) >= 11 is 1.41. The first-order chi connectivity index (χ1) is 15.9. The highest BCUT2D eigenvalue weighted by Gasteiger charge is 2.24. The molecule has 3 aromatic carbocycles. The van der Waals surface area contributed by atoms with Crippen LogP contribution in [0.15, 0.2) is 82.8 Å². The van der Waals surface area contributed by atoms with Crippen LogP contribution < -0.4 is 15.2 Å². The Morgan fingerprint density at radius 1 is 1.15 bits per heavy atom. The van der Waals surface area contributed by atoms with Gasteiger partial charge in [-0.25, -0.2) is 18.1 Å². The second-order valence-corrected chi connectivity index (χ2v) is 10.0. The van der Waals surface area contributed by atoms with Gasteiger partial charge in [0.25, 0.3) is 0 Å². The summed E-state index contributed by atoms with van der Waals surface area (Å²) in [7, 11) is -2.19. The van der Waals surface area contributed by atoms with Crippen molar-refractivity contribution < 1.29 is 18.4 Å². The van der Waals surface area contributed by atoms with E-state index in [4.69, 9.17) is 15.7 Å². The molecule has 4 rings (SSSR count). The van der Waals surface area contributed by atoms with Crippen LogP contribution in [0.1, 0.15) is 22.2 Å². The topological polar surface area (TPSA) is 127 Å². The van der Waals surface area contributed by atoms with Crippen LogP contribution in [0, 0.1) is 0 Å². The molecule has 0 fully saturated rings. The van der Waals surface area contributed by atoms with Crippen molar-refractivity contribution in [1.29, 1.82) is 0 Å². The summed E-state index contributed by atoms with van der Waals surface area (Å²) in [5, 5.41) is 12.5. The second kappa shape index (κ2) is 9.57. The molecule has 0 amide bonds. The third-order valence-corrected chi connectivity index (χ3v) is 7.68. The minimum atomic E-state index is -3.78. The third-order valence-electron chi connectivity index (χ3n) is 5.06. The Morgan fingerprint density at radius 2 is 1.88 bits per heavy atom. The fourth-order valence-electron chi connectivity index (χ4n) is 3.34. The van der Waals surface area contributed by atoms with E-state index in [0.29, 0.717) is 22.7 Å². The molecular weight excluding hydrogens is 460 g/mol. The van der Waals surface area contributed by atoms with Gasteiger partial charge in [-0.05, 0) is 42.3 Å². The zero-order valence-electron chi connectivity index (χ0n) is 17.7. The lowest BCUT2D eigenvalue weighted by molar-refractivity contribution is 0.318. The first kappa shape index (κ1) is 22.7. The number of thiazole rings is 1. The Hall–Kier alpha value is -3.47. The first-order valence-corrected chi connectivity index (χ1v) is 12.3. The van der Waals surface area contributed by atoms with Gasteiger partial charge in [-0.15, -0.1) is 11.3 Å². The number of rotatable bonds is 8. The maximum Gasteiger partial charge on any atom is 0.241 e. The molecule has 0 unspecified atom stereocenters. The Morgan fingerprint density at radius 3 is 2.55 bits per heavy atom. The quantitative estimate of drug-likeness (QED) is 0.152. The molecule has 170 valence electrons. The van der Waals surface area contributed by atoms with Gasteiger partial charge in [0.15, 0.2) is 5.84 Å². The molecular formula is C23H22N4O4S2. The molecule has 8 nitrogen and oxygen atoms in total. The zero-order chi connectivity index (χ0) is 23.4. The molecule has 4 N–H and O–H groups in total. The predicted octanol–water partition coefficient (Wildman–Crippen LogP) is 3.66. The molecule has 10 heteroatoms. The number of benzene rings is 3. The Balaban J connectivity index is 1.70. The number of nitrogens with zero attached hydrogens (tertiary/aromatic N) is 2. The van der Waals surface area contributed by atoms with E-state index >= 15 is 0 Å². The van der Waals surface area contributed by atoms with Gasteiger partial charge >= 0.3 is 0 Å². The lowest BCUT2D eigenvalue weighted by atomic mass is 10.0. The SMILES string of the molecule is COc1ccc2nc([C@@H](Cc3ccc(C(N)=NO)cc3)NS(=O)(=O)c3ccccc3)sc2c1. The maximum atomic E-state index is 13.1. The third kappa shape index (κ3) is 5.14. The summed E-state index contributed by atoms with van der Waals surface area (Å²) in [4.78, 5) is 4.87. The van der Waals surface area contributed by atoms with E-state index in [1.807, 2.05) is 30.3 Å². The fraction of sp³-hybridized carbons (Fsp3) is 0.130. The van der Waals surface area contributed by atoms with Crippen molar-refractivity contribution in [1.82, 2.24) is 9.71 Å². The van der Waals surface area contributed by atoms with Gasteiger partial charge in [0.2, 0.25) is 10.0 Å². The molecule has 0 aliphatic rings. The van der Waals surface area contributed by atoms with E-state index in [2.05, 4.69) is 14.9 Å².